The average molecular weight is 322 g/mol. The Labute approximate surface area is 141 Å². The molecule has 0 N–H and O–H groups in total. The molecule has 0 spiro atoms. The summed E-state index contributed by atoms with van der Waals surface area (Å²) in [6, 6.07) is 0. The summed E-state index contributed by atoms with van der Waals surface area (Å²) in [5.41, 5.74) is 0. The van der Waals surface area contributed by atoms with Crippen molar-refractivity contribution in [3.63, 3.8) is 0 Å². The molecular weight excluding hydrogens is 288 g/mol. The predicted molar refractivity (Wildman–Crippen MR) is 92.5 cm³/mol. The molecule has 4 heteroatoms. The van der Waals surface area contributed by atoms with Gasteiger partial charge in [-0.3, -0.25) is 19.6 Å². The molecule has 23 heavy (non-hydrogen) atoms. The van der Waals surface area contributed by atoms with E-state index in [4.69, 9.17) is 0 Å². The normalized spacial score (nSPS) is 19.7. The minimum atomic E-state index is 0.00170. The van der Waals surface area contributed by atoms with Gasteiger partial charge in [0.15, 0.2) is 0 Å². The van der Waals surface area contributed by atoms with Crippen molar-refractivity contribution in [2.75, 3.05) is 13.1 Å². The molecule has 4 nitrogen and oxygen atoms in total. The summed E-state index contributed by atoms with van der Waals surface area (Å²) < 4.78 is 0. The van der Waals surface area contributed by atoms with Crippen LogP contribution in [0.4, 0.5) is 0 Å². The van der Waals surface area contributed by atoms with Gasteiger partial charge in [-0.25, -0.2) is 0 Å². The molecule has 0 aromatic rings. The first-order valence-electron chi connectivity index (χ1n) is 9.64. The standard InChI is InChI=1S/C19H34N2O2/c1-16(22)20(14-12-18-8-4-3-5-9-18)21(17(2)23)15-13-19-10-6-7-11-19/h18-19H,3-15H2,1-2H3. The predicted octanol–water partition coefficient (Wildman–Crippen LogP) is 4.15. The lowest BCUT2D eigenvalue weighted by Gasteiger charge is -2.35. The van der Waals surface area contributed by atoms with Crippen molar-refractivity contribution < 1.29 is 9.59 Å². The van der Waals surface area contributed by atoms with Crippen LogP contribution in [0.2, 0.25) is 0 Å². The Morgan fingerprint density at radius 3 is 1.39 bits per heavy atom. The van der Waals surface area contributed by atoms with E-state index < -0.39 is 0 Å². The summed E-state index contributed by atoms with van der Waals surface area (Å²) in [5, 5.41) is 3.43. The molecule has 0 atom stereocenters. The van der Waals surface area contributed by atoms with E-state index in [0.29, 0.717) is 13.1 Å². The lowest BCUT2D eigenvalue weighted by Crippen LogP contribution is -2.49. The maximum absolute atomic E-state index is 12.1. The van der Waals surface area contributed by atoms with E-state index in [1.807, 2.05) is 0 Å². The van der Waals surface area contributed by atoms with E-state index in [-0.39, 0.29) is 11.8 Å². The first-order chi connectivity index (χ1) is 11.1. The van der Waals surface area contributed by atoms with E-state index in [1.54, 1.807) is 23.9 Å². The van der Waals surface area contributed by atoms with Crippen LogP contribution in [0, 0.1) is 11.8 Å². The second-order valence-corrected chi connectivity index (χ2v) is 7.52. The van der Waals surface area contributed by atoms with E-state index in [0.717, 1.165) is 24.7 Å². The third-order valence-corrected chi connectivity index (χ3v) is 5.72. The molecule has 2 aliphatic rings. The molecule has 2 amide bonds. The number of carbonyl (C=O) groups is 2. The fraction of sp³-hybridized carbons (Fsp3) is 0.895. The van der Waals surface area contributed by atoms with Crippen LogP contribution in [0.1, 0.15) is 84.5 Å². The third kappa shape index (κ3) is 5.82. The van der Waals surface area contributed by atoms with Gasteiger partial charge >= 0.3 is 0 Å². The number of hydrogen-bond donors (Lipinski definition) is 0. The van der Waals surface area contributed by atoms with Gasteiger partial charge in [-0.05, 0) is 24.7 Å². The van der Waals surface area contributed by atoms with Crippen molar-refractivity contribution in [1.29, 1.82) is 0 Å². The van der Waals surface area contributed by atoms with Crippen molar-refractivity contribution in [2.24, 2.45) is 11.8 Å². The number of hydrazine groups is 1. The molecule has 0 heterocycles. The van der Waals surface area contributed by atoms with Crippen LogP contribution in [-0.2, 0) is 9.59 Å². The molecule has 2 saturated carbocycles. The maximum Gasteiger partial charge on any atom is 0.238 e. The molecule has 0 saturated heterocycles. The largest absolute Gasteiger partial charge is 0.273 e. The van der Waals surface area contributed by atoms with Gasteiger partial charge in [-0.2, -0.15) is 0 Å². The van der Waals surface area contributed by atoms with Crippen molar-refractivity contribution >= 4 is 11.8 Å². The minimum Gasteiger partial charge on any atom is -0.273 e. The summed E-state index contributed by atoms with van der Waals surface area (Å²) in [6.45, 7) is 4.58. The van der Waals surface area contributed by atoms with Gasteiger partial charge in [0.05, 0.1) is 0 Å². The monoisotopic (exact) mass is 322 g/mol. The minimum absolute atomic E-state index is 0.00170. The summed E-state index contributed by atoms with van der Waals surface area (Å²) in [7, 11) is 0. The second kappa shape index (κ2) is 9.29. The second-order valence-electron chi connectivity index (χ2n) is 7.52. The smallest absolute Gasteiger partial charge is 0.238 e. The molecular formula is C19H34N2O2. The van der Waals surface area contributed by atoms with E-state index in [9.17, 15) is 9.59 Å². The number of nitrogens with zero attached hydrogens (tertiary/aromatic N) is 2. The molecule has 132 valence electrons. The fourth-order valence-corrected chi connectivity index (χ4v) is 4.28. The molecule has 0 aromatic heterocycles. The Bertz CT molecular complexity index is 385. The molecule has 2 fully saturated rings. The van der Waals surface area contributed by atoms with Gasteiger partial charge in [0.25, 0.3) is 0 Å². The first kappa shape index (κ1) is 18.3. The van der Waals surface area contributed by atoms with Gasteiger partial charge in [-0.15, -0.1) is 0 Å². The van der Waals surface area contributed by atoms with Crippen LogP contribution >= 0.6 is 0 Å². The quantitative estimate of drug-likeness (QED) is 0.689. The van der Waals surface area contributed by atoms with E-state index in [1.165, 1.54) is 57.8 Å². The number of carbonyl (C=O) groups excluding carboxylic acids is 2. The van der Waals surface area contributed by atoms with Crippen LogP contribution < -0.4 is 0 Å². The highest BCUT2D eigenvalue weighted by Crippen LogP contribution is 2.29. The molecule has 2 aliphatic carbocycles. The topological polar surface area (TPSA) is 40.6 Å². The van der Waals surface area contributed by atoms with Gasteiger partial charge in [0.1, 0.15) is 0 Å². The first-order valence-corrected chi connectivity index (χ1v) is 9.64. The van der Waals surface area contributed by atoms with Gasteiger partial charge < -0.3 is 0 Å². The van der Waals surface area contributed by atoms with Gasteiger partial charge in [-0.1, -0.05) is 57.8 Å². The zero-order valence-corrected chi connectivity index (χ0v) is 15.1. The Morgan fingerprint density at radius 2 is 1.04 bits per heavy atom. The Kier molecular flexibility index (Phi) is 7.38. The summed E-state index contributed by atoms with van der Waals surface area (Å²) in [6.07, 6.45) is 13.9. The highest BCUT2D eigenvalue weighted by atomic mass is 16.2. The fourth-order valence-electron chi connectivity index (χ4n) is 4.28. The molecule has 0 bridgehead atoms. The Morgan fingerprint density at radius 1 is 0.696 bits per heavy atom. The third-order valence-electron chi connectivity index (χ3n) is 5.72. The van der Waals surface area contributed by atoms with Crippen molar-refractivity contribution in [2.45, 2.75) is 84.5 Å². The maximum atomic E-state index is 12.1. The van der Waals surface area contributed by atoms with Crippen molar-refractivity contribution in [1.82, 2.24) is 10.0 Å². The van der Waals surface area contributed by atoms with E-state index in [2.05, 4.69) is 0 Å². The zero-order chi connectivity index (χ0) is 16.7. The molecule has 0 aliphatic heterocycles. The summed E-state index contributed by atoms with van der Waals surface area (Å²) in [4.78, 5) is 24.2. The lowest BCUT2D eigenvalue weighted by atomic mass is 9.87. The van der Waals surface area contributed by atoms with Crippen molar-refractivity contribution in [3.8, 4) is 0 Å². The molecule has 0 aromatic carbocycles. The van der Waals surface area contributed by atoms with Crippen molar-refractivity contribution in [3.05, 3.63) is 0 Å². The SMILES string of the molecule is CC(=O)N(CCC1CCCCC1)N(CCC1CCCC1)C(C)=O. The van der Waals surface area contributed by atoms with Crippen LogP contribution in [0.15, 0.2) is 0 Å². The van der Waals surface area contributed by atoms with Crippen LogP contribution in [0.5, 0.6) is 0 Å². The molecule has 0 radical (unpaired) electrons. The number of hydrogen-bond acceptors (Lipinski definition) is 2. The highest BCUT2D eigenvalue weighted by molar-refractivity contribution is 5.79. The molecule has 2 rings (SSSR count). The van der Waals surface area contributed by atoms with Crippen LogP contribution in [0.3, 0.4) is 0 Å². The summed E-state index contributed by atoms with van der Waals surface area (Å²) >= 11 is 0. The van der Waals surface area contributed by atoms with E-state index >= 15 is 0 Å². The van der Waals surface area contributed by atoms with Crippen LogP contribution in [0.25, 0.3) is 0 Å². The number of rotatable bonds is 6. The Hall–Kier alpha value is -1.06. The zero-order valence-electron chi connectivity index (χ0n) is 15.1. The summed E-state index contributed by atoms with van der Waals surface area (Å²) in [5.74, 6) is 1.47. The average Bonchev–Trinajstić information content (AvgIpc) is 3.04. The Balaban J connectivity index is 1.87. The van der Waals surface area contributed by atoms with Crippen LogP contribution in [-0.4, -0.2) is 34.9 Å². The highest BCUT2D eigenvalue weighted by Gasteiger charge is 2.24. The molecule has 0 unspecified atom stereocenters. The lowest BCUT2D eigenvalue weighted by molar-refractivity contribution is -0.162. The number of amides is 2. The van der Waals surface area contributed by atoms with Gasteiger partial charge in [0.2, 0.25) is 11.8 Å². The van der Waals surface area contributed by atoms with Gasteiger partial charge in [0, 0.05) is 26.9 Å².